The van der Waals surface area contributed by atoms with Crippen LogP contribution in [0.3, 0.4) is 0 Å². The molecule has 1 aliphatic heterocycles. The summed E-state index contributed by atoms with van der Waals surface area (Å²) < 4.78 is 5.68. The quantitative estimate of drug-likeness (QED) is 0.566. The van der Waals surface area contributed by atoms with Crippen LogP contribution < -0.4 is 16.2 Å². The second-order valence-corrected chi connectivity index (χ2v) is 7.27. The first-order valence-corrected chi connectivity index (χ1v) is 8.47. The van der Waals surface area contributed by atoms with Crippen molar-refractivity contribution in [3.63, 3.8) is 0 Å². The van der Waals surface area contributed by atoms with Crippen molar-refractivity contribution in [1.29, 1.82) is 0 Å². The van der Waals surface area contributed by atoms with Crippen LogP contribution in [-0.2, 0) is 14.3 Å². The molecule has 0 radical (unpaired) electrons. The third kappa shape index (κ3) is 4.92. The van der Waals surface area contributed by atoms with Gasteiger partial charge in [0.15, 0.2) is 0 Å². The number of amides is 3. The van der Waals surface area contributed by atoms with E-state index in [-0.39, 0.29) is 29.3 Å². The Morgan fingerprint density at radius 3 is 2.38 bits per heavy atom. The van der Waals surface area contributed by atoms with Gasteiger partial charge in [-0.25, -0.2) is 0 Å². The molecule has 0 unspecified atom stereocenters. The number of hydrogen-bond donors (Lipinski definition) is 3. The summed E-state index contributed by atoms with van der Waals surface area (Å²) in [7, 11) is 0. The maximum atomic E-state index is 12.4. The molecule has 1 heterocycles. The van der Waals surface area contributed by atoms with Gasteiger partial charge in [0.05, 0.1) is 12.0 Å². The molecule has 0 saturated carbocycles. The zero-order valence-electron chi connectivity index (χ0n) is 15.3. The topological polar surface area (TPSA) is 96.5 Å². The minimum absolute atomic E-state index is 0.159. The molecule has 0 aromatic heterocycles. The zero-order valence-corrected chi connectivity index (χ0v) is 15.3. The molecule has 140 valence electrons. The van der Waals surface area contributed by atoms with Gasteiger partial charge >= 0.3 is 0 Å². The maximum absolute atomic E-state index is 12.4. The highest BCUT2D eigenvalue weighted by Crippen LogP contribution is 2.34. The number of hydrazine groups is 1. The summed E-state index contributed by atoms with van der Waals surface area (Å²) in [6.45, 7) is 9.97. The van der Waals surface area contributed by atoms with Gasteiger partial charge in [0.1, 0.15) is 0 Å². The summed E-state index contributed by atoms with van der Waals surface area (Å²) in [5.74, 6) is -1.33. The van der Waals surface area contributed by atoms with Gasteiger partial charge in [0.2, 0.25) is 11.8 Å². The number of hydrogen-bond acceptors (Lipinski definition) is 4. The van der Waals surface area contributed by atoms with Crippen LogP contribution in [0.5, 0.6) is 0 Å². The summed E-state index contributed by atoms with van der Waals surface area (Å²) in [5.41, 5.74) is 5.65. The first-order valence-electron chi connectivity index (χ1n) is 8.47. The molecule has 2 atom stereocenters. The monoisotopic (exact) mass is 359 g/mol. The van der Waals surface area contributed by atoms with Gasteiger partial charge in [-0.15, -0.1) is 0 Å². The standard InChI is InChI=1S/C19H25N3O4/c1-5-15(23)20-13-8-6-12(7-9-13)17(24)21-22-18(25)14-10-11-26-16(14)19(2,3)4/h5-9,14,16H,1,10-11H2,2-4H3,(H,20,23)(H,21,24)(H,22,25)/t14-,16-/m1/s1. The molecule has 1 aromatic rings. The number of rotatable bonds is 4. The molecular formula is C19H25N3O4. The number of carbonyl (C=O) groups is 3. The van der Waals surface area contributed by atoms with Crippen molar-refractivity contribution in [2.75, 3.05) is 11.9 Å². The Kier molecular flexibility index (Phi) is 6.15. The average Bonchev–Trinajstić information content (AvgIpc) is 3.10. The SMILES string of the molecule is C=CC(=O)Nc1ccc(C(=O)NNC(=O)[C@@H]2CCO[C@H]2C(C)(C)C)cc1. The van der Waals surface area contributed by atoms with E-state index in [2.05, 4.69) is 22.7 Å². The Hall–Kier alpha value is -2.67. The molecule has 7 heteroatoms. The van der Waals surface area contributed by atoms with E-state index in [0.717, 1.165) is 6.08 Å². The van der Waals surface area contributed by atoms with Gasteiger partial charge in [-0.05, 0) is 42.2 Å². The van der Waals surface area contributed by atoms with Gasteiger partial charge < -0.3 is 10.1 Å². The fourth-order valence-electron chi connectivity index (χ4n) is 2.89. The molecule has 2 rings (SSSR count). The second-order valence-electron chi connectivity index (χ2n) is 7.27. The predicted octanol–water partition coefficient (Wildman–Crippen LogP) is 2.02. The van der Waals surface area contributed by atoms with Crippen molar-refractivity contribution in [3.8, 4) is 0 Å². The van der Waals surface area contributed by atoms with Crippen molar-refractivity contribution in [1.82, 2.24) is 10.9 Å². The number of nitrogens with one attached hydrogen (secondary N) is 3. The predicted molar refractivity (Wildman–Crippen MR) is 98.2 cm³/mol. The van der Waals surface area contributed by atoms with Crippen LogP contribution in [0.2, 0.25) is 0 Å². The molecule has 1 saturated heterocycles. The lowest BCUT2D eigenvalue weighted by Gasteiger charge is -2.30. The highest BCUT2D eigenvalue weighted by atomic mass is 16.5. The van der Waals surface area contributed by atoms with Gasteiger partial charge in [-0.1, -0.05) is 27.4 Å². The normalized spacial score (nSPS) is 19.5. The molecule has 0 spiro atoms. The Labute approximate surface area is 153 Å². The third-order valence-electron chi connectivity index (χ3n) is 4.18. The molecule has 1 aromatic carbocycles. The van der Waals surface area contributed by atoms with Crippen LogP contribution in [0.25, 0.3) is 0 Å². The van der Waals surface area contributed by atoms with Crippen molar-refractivity contribution in [2.45, 2.75) is 33.3 Å². The fraction of sp³-hybridized carbons (Fsp3) is 0.421. The number of carbonyl (C=O) groups excluding carboxylic acids is 3. The van der Waals surface area contributed by atoms with Crippen LogP contribution in [0, 0.1) is 11.3 Å². The molecule has 1 aliphatic rings. The molecule has 3 amide bonds. The molecular weight excluding hydrogens is 334 g/mol. The van der Waals surface area contributed by atoms with Crippen LogP contribution >= 0.6 is 0 Å². The van der Waals surface area contributed by atoms with E-state index in [1.807, 2.05) is 20.8 Å². The van der Waals surface area contributed by atoms with Crippen LogP contribution in [0.1, 0.15) is 37.6 Å². The van der Waals surface area contributed by atoms with Crippen molar-refractivity contribution >= 4 is 23.4 Å². The van der Waals surface area contributed by atoms with E-state index < -0.39 is 5.91 Å². The zero-order chi connectivity index (χ0) is 19.3. The summed E-state index contributed by atoms with van der Waals surface area (Å²) in [4.78, 5) is 35.8. The largest absolute Gasteiger partial charge is 0.377 e. The number of benzene rings is 1. The van der Waals surface area contributed by atoms with Crippen molar-refractivity contribution in [3.05, 3.63) is 42.5 Å². The molecule has 1 fully saturated rings. The van der Waals surface area contributed by atoms with Crippen LogP contribution in [0.15, 0.2) is 36.9 Å². The number of ether oxygens (including phenoxy) is 1. The van der Waals surface area contributed by atoms with Gasteiger partial charge in [-0.3, -0.25) is 25.2 Å². The van der Waals surface area contributed by atoms with E-state index in [0.29, 0.717) is 24.3 Å². The average molecular weight is 359 g/mol. The smallest absolute Gasteiger partial charge is 0.269 e. The molecule has 0 bridgehead atoms. The van der Waals surface area contributed by atoms with Gasteiger partial charge in [0.25, 0.3) is 5.91 Å². The first kappa shape index (κ1) is 19.7. The lowest BCUT2D eigenvalue weighted by Crippen LogP contribution is -2.48. The third-order valence-corrected chi connectivity index (χ3v) is 4.18. The lowest BCUT2D eigenvalue weighted by atomic mass is 9.81. The van der Waals surface area contributed by atoms with Crippen molar-refractivity contribution < 1.29 is 19.1 Å². The highest BCUT2D eigenvalue weighted by molar-refractivity contribution is 6.00. The molecule has 7 nitrogen and oxygen atoms in total. The summed E-state index contributed by atoms with van der Waals surface area (Å²) in [6, 6.07) is 6.30. The van der Waals surface area contributed by atoms with E-state index in [4.69, 9.17) is 4.74 Å². The lowest BCUT2D eigenvalue weighted by molar-refractivity contribution is -0.129. The summed E-state index contributed by atoms with van der Waals surface area (Å²) in [5, 5.41) is 2.59. The molecule has 26 heavy (non-hydrogen) atoms. The molecule has 0 aliphatic carbocycles. The highest BCUT2D eigenvalue weighted by Gasteiger charge is 2.41. The van der Waals surface area contributed by atoms with Gasteiger partial charge in [0, 0.05) is 17.9 Å². The Morgan fingerprint density at radius 2 is 1.81 bits per heavy atom. The van der Waals surface area contributed by atoms with E-state index in [1.54, 1.807) is 24.3 Å². The Balaban J connectivity index is 1.91. The fourth-order valence-corrected chi connectivity index (χ4v) is 2.89. The van der Waals surface area contributed by atoms with Crippen LogP contribution in [0.4, 0.5) is 5.69 Å². The first-order chi connectivity index (χ1) is 12.2. The summed E-state index contributed by atoms with van der Waals surface area (Å²) in [6.07, 6.45) is 1.60. The van der Waals surface area contributed by atoms with E-state index in [1.165, 1.54) is 0 Å². The minimum Gasteiger partial charge on any atom is -0.377 e. The van der Waals surface area contributed by atoms with Crippen molar-refractivity contribution in [2.24, 2.45) is 11.3 Å². The maximum Gasteiger partial charge on any atom is 0.269 e. The molecule has 3 N–H and O–H groups in total. The van der Waals surface area contributed by atoms with E-state index >= 15 is 0 Å². The second kappa shape index (κ2) is 8.14. The summed E-state index contributed by atoms with van der Waals surface area (Å²) >= 11 is 0. The Morgan fingerprint density at radius 1 is 1.15 bits per heavy atom. The Bertz CT molecular complexity index is 692. The van der Waals surface area contributed by atoms with Gasteiger partial charge in [-0.2, -0.15) is 0 Å². The number of anilines is 1. The van der Waals surface area contributed by atoms with Crippen LogP contribution in [-0.4, -0.2) is 30.4 Å². The van der Waals surface area contributed by atoms with E-state index in [9.17, 15) is 14.4 Å². The minimum atomic E-state index is -0.439.